The maximum atomic E-state index is 13.7. The van der Waals surface area contributed by atoms with Gasteiger partial charge in [-0.2, -0.15) is 0 Å². The molecule has 1 aromatic carbocycles. The van der Waals surface area contributed by atoms with Gasteiger partial charge < -0.3 is 15.0 Å². The van der Waals surface area contributed by atoms with E-state index in [1.165, 1.54) is 6.07 Å². The summed E-state index contributed by atoms with van der Waals surface area (Å²) in [6.07, 6.45) is -0.395. The normalized spacial score (nSPS) is 22.7. The van der Waals surface area contributed by atoms with Crippen LogP contribution in [0.5, 0.6) is 0 Å². The number of carbonyl (C=O) groups excluding carboxylic acids is 1. The zero-order chi connectivity index (χ0) is 14.7. The van der Waals surface area contributed by atoms with Gasteiger partial charge in [-0.15, -0.1) is 0 Å². The van der Waals surface area contributed by atoms with E-state index < -0.39 is 6.09 Å². The molecule has 0 aliphatic carbocycles. The maximum Gasteiger partial charge on any atom is 0.410 e. The van der Waals surface area contributed by atoms with E-state index in [-0.39, 0.29) is 24.5 Å². The third kappa shape index (κ3) is 3.49. The first-order chi connectivity index (χ1) is 9.49. The van der Waals surface area contributed by atoms with E-state index >= 15 is 0 Å². The summed E-state index contributed by atoms with van der Waals surface area (Å²) >= 11 is 3.19. The van der Waals surface area contributed by atoms with Crippen molar-refractivity contribution in [3.8, 4) is 0 Å². The molecule has 1 aliphatic heterocycles. The first kappa shape index (κ1) is 15.3. The Kier molecular flexibility index (Phi) is 4.99. The summed E-state index contributed by atoms with van der Waals surface area (Å²) in [4.78, 5) is 13.8. The van der Waals surface area contributed by atoms with Crippen LogP contribution in [-0.4, -0.2) is 36.2 Å². The molecule has 4 nitrogen and oxygen atoms in total. The molecule has 0 spiro atoms. The summed E-state index contributed by atoms with van der Waals surface area (Å²) in [5.74, 6) is -0.381. The Morgan fingerprint density at radius 1 is 1.45 bits per heavy atom. The number of ether oxygens (including phenoxy) is 1. The molecule has 1 heterocycles. The van der Waals surface area contributed by atoms with Gasteiger partial charge in [-0.1, -0.05) is 22.0 Å². The average Bonchev–Trinajstić information content (AvgIpc) is 2.37. The van der Waals surface area contributed by atoms with Gasteiger partial charge in [-0.3, -0.25) is 0 Å². The standard InChI is InChI=1S/C14H18BrFN2O2/c1-9-6-17-7-10(2)18(9)14(19)20-8-11-3-4-12(15)5-13(11)16/h3-5,9-10,17H,6-8H2,1-2H3. The Hall–Kier alpha value is -1.14. The van der Waals surface area contributed by atoms with Gasteiger partial charge in [-0.05, 0) is 26.0 Å². The van der Waals surface area contributed by atoms with Crippen molar-refractivity contribution in [3.63, 3.8) is 0 Å². The second kappa shape index (κ2) is 6.54. The summed E-state index contributed by atoms with van der Waals surface area (Å²) in [6, 6.07) is 4.83. The van der Waals surface area contributed by atoms with Gasteiger partial charge in [0.2, 0.25) is 0 Å². The van der Waals surface area contributed by atoms with Crippen LogP contribution in [0.15, 0.2) is 22.7 Å². The van der Waals surface area contributed by atoms with E-state index in [2.05, 4.69) is 21.2 Å². The summed E-state index contributed by atoms with van der Waals surface area (Å²) < 4.78 is 19.5. The van der Waals surface area contributed by atoms with E-state index in [4.69, 9.17) is 4.74 Å². The van der Waals surface area contributed by atoms with Crippen molar-refractivity contribution < 1.29 is 13.9 Å². The van der Waals surface area contributed by atoms with E-state index in [1.54, 1.807) is 17.0 Å². The highest BCUT2D eigenvalue weighted by Gasteiger charge is 2.30. The SMILES string of the molecule is CC1CNCC(C)N1C(=O)OCc1ccc(Br)cc1F. The molecule has 1 aliphatic rings. The number of nitrogens with zero attached hydrogens (tertiary/aromatic N) is 1. The topological polar surface area (TPSA) is 41.6 Å². The van der Waals surface area contributed by atoms with Gasteiger partial charge in [0.25, 0.3) is 0 Å². The lowest BCUT2D eigenvalue weighted by molar-refractivity contribution is 0.0558. The molecule has 0 aromatic heterocycles. The fraction of sp³-hybridized carbons (Fsp3) is 0.500. The highest BCUT2D eigenvalue weighted by atomic mass is 79.9. The third-order valence-corrected chi connectivity index (χ3v) is 3.90. The molecule has 1 fully saturated rings. The number of rotatable bonds is 2. The molecule has 0 bridgehead atoms. The molecule has 1 amide bonds. The molecule has 2 atom stereocenters. The van der Waals surface area contributed by atoms with Crippen molar-refractivity contribution in [1.82, 2.24) is 10.2 Å². The summed E-state index contributed by atoms with van der Waals surface area (Å²) in [5.41, 5.74) is 0.372. The van der Waals surface area contributed by atoms with Gasteiger partial charge in [0.05, 0.1) is 0 Å². The monoisotopic (exact) mass is 344 g/mol. The van der Waals surface area contributed by atoms with Crippen LogP contribution in [0.2, 0.25) is 0 Å². The summed E-state index contributed by atoms with van der Waals surface area (Å²) in [6.45, 7) is 5.35. The Labute approximate surface area is 126 Å². The van der Waals surface area contributed by atoms with Crippen molar-refractivity contribution in [2.24, 2.45) is 0 Å². The number of piperazine rings is 1. The van der Waals surface area contributed by atoms with Crippen LogP contribution < -0.4 is 5.32 Å². The zero-order valence-corrected chi connectivity index (χ0v) is 13.1. The molecule has 1 saturated heterocycles. The molecule has 110 valence electrons. The Morgan fingerprint density at radius 3 is 2.70 bits per heavy atom. The van der Waals surface area contributed by atoms with Gasteiger partial charge in [-0.25, -0.2) is 9.18 Å². The van der Waals surface area contributed by atoms with E-state index in [9.17, 15) is 9.18 Å². The largest absolute Gasteiger partial charge is 0.444 e. The molecule has 0 radical (unpaired) electrons. The van der Waals surface area contributed by atoms with E-state index in [0.717, 1.165) is 13.1 Å². The Morgan fingerprint density at radius 2 is 2.10 bits per heavy atom. The summed E-state index contributed by atoms with van der Waals surface area (Å²) in [5, 5.41) is 3.24. The maximum absolute atomic E-state index is 13.7. The van der Waals surface area contributed by atoms with Gasteiger partial charge in [0, 0.05) is 35.2 Å². The van der Waals surface area contributed by atoms with E-state index in [0.29, 0.717) is 10.0 Å². The lowest BCUT2D eigenvalue weighted by Crippen LogP contribution is -2.57. The molecule has 6 heteroatoms. The second-order valence-electron chi connectivity index (χ2n) is 5.05. The molecule has 1 aromatic rings. The number of benzene rings is 1. The van der Waals surface area contributed by atoms with Crippen LogP contribution in [0.3, 0.4) is 0 Å². The predicted molar refractivity (Wildman–Crippen MR) is 77.9 cm³/mol. The quantitative estimate of drug-likeness (QED) is 0.896. The van der Waals surface area contributed by atoms with Crippen LogP contribution in [0.1, 0.15) is 19.4 Å². The van der Waals surface area contributed by atoms with Crippen LogP contribution in [0.25, 0.3) is 0 Å². The first-order valence-corrected chi connectivity index (χ1v) is 7.38. The van der Waals surface area contributed by atoms with Gasteiger partial charge in [0.1, 0.15) is 12.4 Å². The minimum Gasteiger partial charge on any atom is -0.444 e. The number of amides is 1. The average molecular weight is 345 g/mol. The van der Waals surface area contributed by atoms with Crippen molar-refractivity contribution in [3.05, 3.63) is 34.1 Å². The predicted octanol–water partition coefficient (Wildman–Crippen LogP) is 2.91. The third-order valence-electron chi connectivity index (χ3n) is 3.41. The summed E-state index contributed by atoms with van der Waals surface area (Å²) in [7, 11) is 0. The minimum absolute atomic E-state index is 0.0543. The lowest BCUT2D eigenvalue weighted by atomic mass is 10.1. The van der Waals surface area contributed by atoms with Crippen LogP contribution in [0.4, 0.5) is 9.18 Å². The molecule has 1 N–H and O–H groups in total. The Balaban J connectivity index is 1.97. The first-order valence-electron chi connectivity index (χ1n) is 6.58. The molecular weight excluding hydrogens is 327 g/mol. The minimum atomic E-state index is -0.395. The van der Waals surface area contributed by atoms with Gasteiger partial charge in [0.15, 0.2) is 0 Å². The number of hydrogen-bond acceptors (Lipinski definition) is 3. The highest BCUT2D eigenvalue weighted by Crippen LogP contribution is 2.17. The fourth-order valence-corrected chi connectivity index (χ4v) is 2.68. The van der Waals surface area contributed by atoms with Crippen LogP contribution in [0, 0.1) is 5.82 Å². The number of carbonyl (C=O) groups is 1. The fourth-order valence-electron chi connectivity index (χ4n) is 2.34. The van der Waals surface area contributed by atoms with Crippen molar-refractivity contribution in [2.75, 3.05) is 13.1 Å². The smallest absolute Gasteiger partial charge is 0.410 e. The van der Waals surface area contributed by atoms with Crippen LogP contribution >= 0.6 is 15.9 Å². The highest BCUT2D eigenvalue weighted by molar-refractivity contribution is 9.10. The number of halogens is 2. The Bertz CT molecular complexity index is 488. The molecular formula is C14H18BrFN2O2. The van der Waals surface area contributed by atoms with Crippen LogP contribution in [-0.2, 0) is 11.3 Å². The van der Waals surface area contributed by atoms with Crippen molar-refractivity contribution >= 4 is 22.0 Å². The zero-order valence-electron chi connectivity index (χ0n) is 11.5. The number of hydrogen-bond donors (Lipinski definition) is 1. The second-order valence-corrected chi connectivity index (χ2v) is 5.97. The molecule has 2 rings (SSSR count). The van der Waals surface area contributed by atoms with E-state index in [1.807, 2.05) is 13.8 Å². The number of nitrogens with one attached hydrogen (secondary N) is 1. The van der Waals surface area contributed by atoms with Gasteiger partial charge >= 0.3 is 6.09 Å². The van der Waals surface area contributed by atoms with Crippen molar-refractivity contribution in [2.45, 2.75) is 32.5 Å². The molecule has 20 heavy (non-hydrogen) atoms. The molecule has 0 saturated carbocycles. The lowest BCUT2D eigenvalue weighted by Gasteiger charge is -2.38. The van der Waals surface area contributed by atoms with Crippen molar-refractivity contribution in [1.29, 1.82) is 0 Å². The molecule has 2 unspecified atom stereocenters.